The Hall–Kier alpha value is -3.38. The molecule has 0 spiro atoms. The molecule has 4 aromatic rings. The minimum atomic E-state index is -0.0725. The third kappa shape index (κ3) is 4.44. The number of aryl methyl sites for hydroxylation is 1. The van der Waals surface area contributed by atoms with Gasteiger partial charge in [-0.1, -0.05) is 23.7 Å². The van der Waals surface area contributed by atoms with Crippen LogP contribution in [0.1, 0.15) is 22.5 Å². The van der Waals surface area contributed by atoms with Gasteiger partial charge in [-0.3, -0.25) is 9.48 Å². The van der Waals surface area contributed by atoms with E-state index in [-0.39, 0.29) is 12.3 Å². The lowest BCUT2D eigenvalue weighted by atomic mass is 10.1. The summed E-state index contributed by atoms with van der Waals surface area (Å²) >= 11 is 5.98. The summed E-state index contributed by atoms with van der Waals surface area (Å²) < 4.78 is 3.70. The van der Waals surface area contributed by atoms with Crippen molar-refractivity contribution in [1.29, 1.82) is 0 Å². The largest absolute Gasteiger partial charge is 0.326 e. The van der Waals surface area contributed by atoms with Crippen LogP contribution in [0.2, 0.25) is 5.02 Å². The quantitative estimate of drug-likeness (QED) is 0.498. The molecule has 1 amide bonds. The van der Waals surface area contributed by atoms with Gasteiger partial charge < -0.3 is 5.32 Å². The number of aromatic nitrogens is 4. The van der Waals surface area contributed by atoms with Crippen LogP contribution in [0.25, 0.3) is 5.69 Å². The SMILES string of the molecule is Cc1nn(-c2ccc(Cl)cc2)c(C)c1CC(=O)Nc1ccc(Cn2cccn2)cc1. The van der Waals surface area contributed by atoms with Gasteiger partial charge in [0.25, 0.3) is 0 Å². The molecule has 0 saturated heterocycles. The Morgan fingerprint density at radius 3 is 2.47 bits per heavy atom. The number of nitrogens with zero attached hydrogens (tertiary/aromatic N) is 4. The van der Waals surface area contributed by atoms with Gasteiger partial charge in [0.2, 0.25) is 5.91 Å². The number of benzene rings is 2. The Bertz CT molecular complexity index is 1150. The highest BCUT2D eigenvalue weighted by Gasteiger charge is 2.16. The number of carbonyl (C=O) groups excluding carboxylic acids is 1. The summed E-state index contributed by atoms with van der Waals surface area (Å²) in [4.78, 5) is 12.6. The van der Waals surface area contributed by atoms with Gasteiger partial charge in [-0.2, -0.15) is 10.2 Å². The maximum Gasteiger partial charge on any atom is 0.228 e. The van der Waals surface area contributed by atoms with Gasteiger partial charge in [0.15, 0.2) is 0 Å². The fourth-order valence-corrected chi connectivity index (χ4v) is 3.53. The number of amides is 1. The summed E-state index contributed by atoms with van der Waals surface area (Å²) in [6.45, 7) is 4.59. The summed E-state index contributed by atoms with van der Waals surface area (Å²) in [5, 5.41) is 12.5. The van der Waals surface area contributed by atoms with Gasteiger partial charge in [0, 0.05) is 34.4 Å². The van der Waals surface area contributed by atoms with Crippen LogP contribution in [0, 0.1) is 13.8 Å². The van der Waals surface area contributed by atoms with E-state index >= 15 is 0 Å². The number of anilines is 1. The van der Waals surface area contributed by atoms with Crippen LogP contribution in [0.4, 0.5) is 5.69 Å². The predicted octanol–water partition coefficient (Wildman–Crippen LogP) is 4.57. The molecule has 152 valence electrons. The third-order valence-electron chi connectivity index (χ3n) is 4.99. The van der Waals surface area contributed by atoms with Crippen molar-refractivity contribution in [3.63, 3.8) is 0 Å². The average molecular weight is 420 g/mol. The van der Waals surface area contributed by atoms with Crippen molar-refractivity contribution in [2.45, 2.75) is 26.8 Å². The fraction of sp³-hybridized carbons (Fsp3) is 0.174. The molecule has 0 bridgehead atoms. The molecule has 0 saturated carbocycles. The second-order valence-corrected chi connectivity index (χ2v) is 7.60. The number of nitrogens with one attached hydrogen (secondary N) is 1. The van der Waals surface area contributed by atoms with Gasteiger partial charge in [0.1, 0.15) is 0 Å². The normalized spacial score (nSPS) is 10.9. The van der Waals surface area contributed by atoms with E-state index in [1.165, 1.54) is 0 Å². The zero-order valence-corrected chi connectivity index (χ0v) is 17.6. The van der Waals surface area contributed by atoms with E-state index in [2.05, 4.69) is 15.5 Å². The Morgan fingerprint density at radius 1 is 1.07 bits per heavy atom. The van der Waals surface area contributed by atoms with Crippen molar-refractivity contribution < 1.29 is 4.79 Å². The molecular weight excluding hydrogens is 398 g/mol. The van der Waals surface area contributed by atoms with E-state index < -0.39 is 0 Å². The molecule has 7 heteroatoms. The molecule has 0 radical (unpaired) electrons. The molecule has 2 aromatic carbocycles. The minimum Gasteiger partial charge on any atom is -0.326 e. The number of rotatable bonds is 6. The molecule has 6 nitrogen and oxygen atoms in total. The highest BCUT2D eigenvalue weighted by atomic mass is 35.5. The van der Waals surface area contributed by atoms with E-state index in [1.54, 1.807) is 6.20 Å². The Labute approximate surface area is 180 Å². The van der Waals surface area contributed by atoms with Crippen molar-refractivity contribution >= 4 is 23.2 Å². The summed E-state index contributed by atoms with van der Waals surface area (Å²) in [5.74, 6) is -0.0725. The topological polar surface area (TPSA) is 64.7 Å². The first-order valence-corrected chi connectivity index (χ1v) is 10.0. The number of halogens is 1. The number of hydrogen-bond donors (Lipinski definition) is 1. The Balaban J connectivity index is 1.43. The maximum absolute atomic E-state index is 12.6. The van der Waals surface area contributed by atoms with Crippen LogP contribution in [0.3, 0.4) is 0 Å². The zero-order valence-electron chi connectivity index (χ0n) is 16.8. The Kier molecular flexibility index (Phi) is 5.68. The lowest BCUT2D eigenvalue weighted by Gasteiger charge is -2.08. The van der Waals surface area contributed by atoms with Crippen LogP contribution in [0.5, 0.6) is 0 Å². The Morgan fingerprint density at radius 2 is 1.80 bits per heavy atom. The average Bonchev–Trinajstić information content (AvgIpc) is 3.34. The molecule has 2 aromatic heterocycles. The van der Waals surface area contributed by atoms with Crippen molar-refractivity contribution in [2.75, 3.05) is 5.32 Å². The van der Waals surface area contributed by atoms with Crippen LogP contribution in [-0.2, 0) is 17.8 Å². The monoisotopic (exact) mass is 419 g/mol. The number of hydrogen-bond acceptors (Lipinski definition) is 3. The predicted molar refractivity (Wildman–Crippen MR) is 118 cm³/mol. The molecule has 0 unspecified atom stereocenters. The maximum atomic E-state index is 12.6. The van der Waals surface area contributed by atoms with Gasteiger partial charge >= 0.3 is 0 Å². The lowest BCUT2D eigenvalue weighted by molar-refractivity contribution is -0.115. The standard InChI is InChI=1S/C23H22ClN5O/c1-16-22(17(2)29(27-16)21-10-6-19(24)7-11-21)14-23(30)26-20-8-4-18(5-9-20)15-28-13-3-12-25-28/h3-13H,14-15H2,1-2H3,(H,26,30). The van der Waals surface area contributed by atoms with E-state index in [0.29, 0.717) is 11.6 Å². The zero-order chi connectivity index (χ0) is 21.1. The van der Waals surface area contributed by atoms with Gasteiger partial charge in [-0.05, 0) is 61.9 Å². The van der Waals surface area contributed by atoms with Crippen LogP contribution < -0.4 is 5.32 Å². The first kappa shape index (κ1) is 19.9. The summed E-state index contributed by atoms with van der Waals surface area (Å²) in [5.41, 5.74) is 5.51. The van der Waals surface area contributed by atoms with Gasteiger partial charge in [-0.15, -0.1) is 0 Å². The molecular formula is C23H22ClN5O. The highest BCUT2D eigenvalue weighted by molar-refractivity contribution is 6.30. The molecule has 0 aliphatic rings. The minimum absolute atomic E-state index is 0.0725. The van der Waals surface area contributed by atoms with Crippen molar-refractivity contribution in [3.8, 4) is 5.69 Å². The molecule has 0 aliphatic carbocycles. The van der Waals surface area contributed by atoms with Crippen molar-refractivity contribution in [3.05, 3.63) is 94.5 Å². The van der Waals surface area contributed by atoms with E-state index in [1.807, 2.05) is 84.0 Å². The summed E-state index contributed by atoms with van der Waals surface area (Å²) in [6, 6.07) is 17.2. The molecule has 0 atom stereocenters. The highest BCUT2D eigenvalue weighted by Crippen LogP contribution is 2.21. The van der Waals surface area contributed by atoms with E-state index in [9.17, 15) is 4.79 Å². The van der Waals surface area contributed by atoms with Crippen molar-refractivity contribution in [1.82, 2.24) is 19.6 Å². The molecule has 4 rings (SSSR count). The second-order valence-electron chi connectivity index (χ2n) is 7.16. The first-order chi connectivity index (χ1) is 14.5. The molecule has 1 N–H and O–H groups in total. The van der Waals surface area contributed by atoms with E-state index in [4.69, 9.17) is 11.6 Å². The second kappa shape index (κ2) is 8.55. The molecule has 0 aliphatic heterocycles. The smallest absolute Gasteiger partial charge is 0.228 e. The van der Waals surface area contributed by atoms with Crippen LogP contribution in [-0.4, -0.2) is 25.5 Å². The number of carbonyl (C=O) groups is 1. The van der Waals surface area contributed by atoms with Gasteiger partial charge in [-0.25, -0.2) is 4.68 Å². The van der Waals surface area contributed by atoms with Gasteiger partial charge in [0.05, 0.1) is 24.3 Å². The van der Waals surface area contributed by atoms with Crippen LogP contribution in [0.15, 0.2) is 67.0 Å². The van der Waals surface area contributed by atoms with E-state index in [0.717, 1.165) is 33.9 Å². The summed E-state index contributed by atoms with van der Waals surface area (Å²) in [7, 11) is 0. The third-order valence-corrected chi connectivity index (χ3v) is 5.24. The van der Waals surface area contributed by atoms with Crippen molar-refractivity contribution in [2.24, 2.45) is 0 Å². The fourth-order valence-electron chi connectivity index (χ4n) is 3.40. The molecule has 30 heavy (non-hydrogen) atoms. The summed E-state index contributed by atoms with van der Waals surface area (Å²) in [6.07, 6.45) is 3.94. The molecule has 2 heterocycles. The van der Waals surface area contributed by atoms with Crippen LogP contribution >= 0.6 is 11.6 Å². The first-order valence-electron chi connectivity index (χ1n) is 9.67. The lowest BCUT2D eigenvalue weighted by Crippen LogP contribution is -2.15. The molecule has 0 fully saturated rings.